The minimum Gasteiger partial charge on any atom is -0.342 e. The van der Waals surface area contributed by atoms with Gasteiger partial charge in [-0.05, 0) is 56.5 Å². The number of carbonyl (C=O) groups excluding carboxylic acids is 2. The van der Waals surface area contributed by atoms with Crippen molar-refractivity contribution in [2.75, 3.05) is 13.1 Å². The zero-order chi connectivity index (χ0) is 23.1. The molecule has 1 unspecified atom stereocenters. The SMILES string of the molecule is Cc1nn(-c2ccccc2)c2c1C(C)N(C1CCN(C(=O)Cc3ccc(F)cc3)CC1)C2=O. The van der Waals surface area contributed by atoms with Crippen molar-refractivity contribution in [3.05, 3.63) is 82.9 Å². The lowest BCUT2D eigenvalue weighted by Gasteiger charge is -2.39. The van der Waals surface area contributed by atoms with Gasteiger partial charge in [-0.3, -0.25) is 9.59 Å². The molecule has 2 amide bonds. The molecule has 1 fully saturated rings. The Labute approximate surface area is 192 Å². The number of carbonyl (C=O) groups is 2. The van der Waals surface area contributed by atoms with Crippen LogP contribution in [0, 0.1) is 12.7 Å². The van der Waals surface area contributed by atoms with E-state index in [0.29, 0.717) is 18.8 Å². The molecule has 3 aromatic rings. The maximum Gasteiger partial charge on any atom is 0.273 e. The van der Waals surface area contributed by atoms with Crippen LogP contribution >= 0.6 is 0 Å². The van der Waals surface area contributed by atoms with Crippen LogP contribution in [0.3, 0.4) is 0 Å². The van der Waals surface area contributed by atoms with Crippen molar-refractivity contribution in [1.29, 1.82) is 0 Å². The summed E-state index contributed by atoms with van der Waals surface area (Å²) in [6.07, 6.45) is 1.75. The predicted octanol–water partition coefficient (Wildman–Crippen LogP) is 4.07. The summed E-state index contributed by atoms with van der Waals surface area (Å²) < 4.78 is 14.9. The van der Waals surface area contributed by atoms with E-state index in [1.165, 1.54) is 12.1 Å². The van der Waals surface area contributed by atoms with E-state index < -0.39 is 0 Å². The van der Waals surface area contributed by atoms with Crippen molar-refractivity contribution in [3.8, 4) is 5.69 Å². The Morgan fingerprint density at radius 1 is 1.06 bits per heavy atom. The summed E-state index contributed by atoms with van der Waals surface area (Å²) in [7, 11) is 0. The minimum absolute atomic E-state index is 0.0121. The molecule has 3 heterocycles. The Kier molecular flexibility index (Phi) is 5.48. The van der Waals surface area contributed by atoms with Crippen molar-refractivity contribution >= 4 is 11.8 Å². The molecule has 0 saturated carbocycles. The topological polar surface area (TPSA) is 58.4 Å². The average molecular weight is 447 g/mol. The molecule has 1 atom stereocenters. The van der Waals surface area contributed by atoms with Gasteiger partial charge in [0.05, 0.1) is 23.8 Å². The van der Waals surface area contributed by atoms with E-state index in [1.807, 2.05) is 47.1 Å². The molecule has 1 aromatic heterocycles. The van der Waals surface area contributed by atoms with Gasteiger partial charge in [0.25, 0.3) is 5.91 Å². The van der Waals surface area contributed by atoms with Crippen LogP contribution in [0.25, 0.3) is 5.69 Å². The van der Waals surface area contributed by atoms with Crippen LogP contribution in [-0.4, -0.2) is 50.5 Å². The summed E-state index contributed by atoms with van der Waals surface area (Å²) in [6.45, 7) is 5.25. The van der Waals surface area contributed by atoms with Gasteiger partial charge in [0.2, 0.25) is 5.91 Å². The summed E-state index contributed by atoms with van der Waals surface area (Å²) in [6, 6.07) is 15.8. The Morgan fingerprint density at radius 3 is 2.39 bits per heavy atom. The number of piperidine rings is 1. The molecule has 0 spiro atoms. The third-order valence-corrected chi connectivity index (χ3v) is 6.86. The lowest BCUT2D eigenvalue weighted by atomic mass is 10.0. The molecule has 0 aliphatic carbocycles. The number of rotatable bonds is 4. The first kappa shape index (κ1) is 21.4. The quantitative estimate of drug-likeness (QED) is 0.607. The number of para-hydroxylation sites is 1. The highest BCUT2D eigenvalue weighted by atomic mass is 19.1. The minimum atomic E-state index is -0.303. The number of aryl methyl sites for hydroxylation is 1. The molecule has 2 aromatic carbocycles. The highest BCUT2D eigenvalue weighted by Gasteiger charge is 2.44. The van der Waals surface area contributed by atoms with Crippen LogP contribution < -0.4 is 0 Å². The third-order valence-electron chi connectivity index (χ3n) is 6.86. The van der Waals surface area contributed by atoms with Crippen molar-refractivity contribution < 1.29 is 14.0 Å². The van der Waals surface area contributed by atoms with Gasteiger partial charge in [-0.1, -0.05) is 30.3 Å². The van der Waals surface area contributed by atoms with E-state index in [1.54, 1.807) is 16.8 Å². The molecule has 5 rings (SSSR count). The van der Waals surface area contributed by atoms with Crippen LogP contribution in [0.5, 0.6) is 0 Å². The molecule has 0 bridgehead atoms. The maximum absolute atomic E-state index is 13.6. The van der Waals surface area contributed by atoms with Gasteiger partial charge in [-0.2, -0.15) is 5.10 Å². The lowest BCUT2D eigenvalue weighted by molar-refractivity contribution is -0.131. The van der Waals surface area contributed by atoms with Gasteiger partial charge in [0, 0.05) is 24.7 Å². The number of hydrogen-bond donors (Lipinski definition) is 0. The largest absolute Gasteiger partial charge is 0.342 e. The van der Waals surface area contributed by atoms with Gasteiger partial charge >= 0.3 is 0 Å². The first-order valence-corrected chi connectivity index (χ1v) is 11.4. The van der Waals surface area contributed by atoms with Gasteiger partial charge in [0.15, 0.2) is 0 Å². The second kappa shape index (κ2) is 8.46. The number of aromatic nitrogens is 2. The summed E-state index contributed by atoms with van der Waals surface area (Å²) in [4.78, 5) is 30.1. The molecule has 1 saturated heterocycles. The second-order valence-corrected chi connectivity index (χ2v) is 8.90. The monoisotopic (exact) mass is 446 g/mol. The summed E-state index contributed by atoms with van der Waals surface area (Å²) in [5, 5.41) is 4.66. The predicted molar refractivity (Wildman–Crippen MR) is 123 cm³/mol. The Balaban J connectivity index is 1.28. The zero-order valence-electron chi connectivity index (χ0n) is 18.9. The van der Waals surface area contributed by atoms with Crippen molar-refractivity contribution in [1.82, 2.24) is 19.6 Å². The van der Waals surface area contributed by atoms with Crippen molar-refractivity contribution in [2.24, 2.45) is 0 Å². The van der Waals surface area contributed by atoms with E-state index in [2.05, 4.69) is 12.0 Å². The maximum atomic E-state index is 13.6. The molecule has 2 aliphatic rings. The lowest BCUT2D eigenvalue weighted by Crippen LogP contribution is -2.48. The number of hydrogen-bond acceptors (Lipinski definition) is 3. The first-order valence-electron chi connectivity index (χ1n) is 11.4. The van der Waals surface area contributed by atoms with Crippen LogP contribution in [0.4, 0.5) is 4.39 Å². The van der Waals surface area contributed by atoms with Gasteiger partial charge in [-0.25, -0.2) is 9.07 Å². The normalized spacial score (nSPS) is 18.6. The molecule has 0 N–H and O–H groups in total. The van der Waals surface area contributed by atoms with Crippen LogP contribution in [0.2, 0.25) is 0 Å². The Hall–Kier alpha value is -3.48. The number of likely N-dealkylation sites (tertiary alicyclic amines) is 1. The smallest absolute Gasteiger partial charge is 0.273 e. The number of fused-ring (bicyclic) bond motifs is 1. The zero-order valence-corrected chi connectivity index (χ0v) is 18.9. The molecule has 6 nitrogen and oxygen atoms in total. The second-order valence-electron chi connectivity index (χ2n) is 8.90. The summed E-state index contributed by atoms with van der Waals surface area (Å²) >= 11 is 0. The van der Waals surface area contributed by atoms with Crippen LogP contribution in [0.1, 0.15) is 53.1 Å². The summed E-state index contributed by atoms with van der Waals surface area (Å²) in [5.74, 6) is -0.249. The molecular formula is C26H27FN4O2. The number of benzene rings is 2. The van der Waals surface area contributed by atoms with Crippen LogP contribution in [-0.2, 0) is 11.2 Å². The Bertz CT molecular complexity index is 1180. The summed E-state index contributed by atoms with van der Waals surface area (Å²) in [5.41, 5.74) is 4.22. The third kappa shape index (κ3) is 3.81. The molecule has 2 aliphatic heterocycles. The molecule has 0 radical (unpaired) electrons. The Morgan fingerprint density at radius 2 is 1.73 bits per heavy atom. The van der Waals surface area contributed by atoms with Gasteiger partial charge in [0.1, 0.15) is 11.5 Å². The highest BCUT2D eigenvalue weighted by Crippen LogP contribution is 2.39. The fourth-order valence-corrected chi connectivity index (χ4v) is 5.20. The highest BCUT2D eigenvalue weighted by molar-refractivity contribution is 5.98. The molecular weight excluding hydrogens is 419 g/mol. The number of amides is 2. The number of nitrogens with zero attached hydrogens (tertiary/aromatic N) is 4. The average Bonchev–Trinajstić information content (AvgIpc) is 3.31. The molecule has 33 heavy (non-hydrogen) atoms. The fourth-order valence-electron chi connectivity index (χ4n) is 5.20. The van der Waals surface area contributed by atoms with E-state index in [4.69, 9.17) is 0 Å². The first-order chi connectivity index (χ1) is 15.9. The standard InChI is InChI=1S/C26H27FN4O2/c1-17-24-18(2)30(26(33)25(24)31(28-17)22-6-4-3-5-7-22)21-12-14-29(15-13-21)23(32)16-19-8-10-20(27)11-9-19/h3-11,18,21H,12-16H2,1-2H3. The fraction of sp³-hybridized carbons (Fsp3) is 0.346. The van der Waals surface area contributed by atoms with Gasteiger partial charge in [-0.15, -0.1) is 0 Å². The van der Waals surface area contributed by atoms with Crippen molar-refractivity contribution in [2.45, 2.75) is 45.2 Å². The van der Waals surface area contributed by atoms with E-state index in [0.717, 1.165) is 35.3 Å². The van der Waals surface area contributed by atoms with Crippen LogP contribution in [0.15, 0.2) is 54.6 Å². The van der Waals surface area contributed by atoms with Gasteiger partial charge < -0.3 is 9.80 Å². The molecule has 170 valence electrons. The molecule has 7 heteroatoms. The van der Waals surface area contributed by atoms with E-state index >= 15 is 0 Å². The van der Waals surface area contributed by atoms with E-state index in [9.17, 15) is 14.0 Å². The van der Waals surface area contributed by atoms with E-state index in [-0.39, 0.29) is 36.1 Å². The number of halogens is 1. The van der Waals surface area contributed by atoms with Crippen molar-refractivity contribution in [3.63, 3.8) is 0 Å².